The second kappa shape index (κ2) is 4.49. The van der Waals surface area contributed by atoms with Crippen LogP contribution in [0.25, 0.3) is 0 Å². The Morgan fingerprint density at radius 2 is 2.06 bits per heavy atom. The average molecular weight is 216 g/mol. The van der Waals surface area contributed by atoms with Crippen molar-refractivity contribution in [3.8, 4) is 0 Å². The van der Waals surface area contributed by atoms with Crippen LogP contribution in [0.15, 0.2) is 35.1 Å². The van der Waals surface area contributed by atoms with Crippen molar-refractivity contribution < 1.29 is 4.42 Å². The fourth-order valence-corrected chi connectivity index (χ4v) is 1.78. The van der Waals surface area contributed by atoms with Crippen LogP contribution in [0.3, 0.4) is 0 Å². The van der Waals surface area contributed by atoms with Crippen molar-refractivity contribution in [3.05, 3.63) is 53.2 Å². The molecule has 0 aliphatic rings. The maximum atomic E-state index is 5.51. The highest BCUT2D eigenvalue weighted by atomic mass is 16.3. The Morgan fingerprint density at radius 1 is 1.25 bits per heavy atom. The third-order valence-electron chi connectivity index (χ3n) is 2.72. The lowest BCUT2D eigenvalue weighted by atomic mass is 10.0. The summed E-state index contributed by atoms with van der Waals surface area (Å²) in [5.41, 5.74) is 3.29. The zero-order valence-corrected chi connectivity index (χ0v) is 9.82. The van der Waals surface area contributed by atoms with Crippen molar-refractivity contribution in [2.24, 2.45) is 0 Å². The predicted molar refractivity (Wildman–Crippen MR) is 63.3 cm³/mol. The number of hydrogen-bond donors (Lipinski definition) is 1. The lowest BCUT2D eigenvalue weighted by Crippen LogP contribution is -2.18. The highest BCUT2D eigenvalue weighted by Gasteiger charge is 2.17. The molecule has 0 amide bonds. The standard InChI is InChI=1S/C13H16N2O/c1-9-6-7-16-13(9)12(14-3)11-5-4-10(2)15-8-11/h4-8,12,14H,1-3H3. The van der Waals surface area contributed by atoms with Gasteiger partial charge in [-0.25, -0.2) is 0 Å². The van der Waals surface area contributed by atoms with Gasteiger partial charge in [-0.05, 0) is 44.2 Å². The molecule has 0 aliphatic heterocycles. The zero-order chi connectivity index (χ0) is 11.5. The van der Waals surface area contributed by atoms with E-state index in [9.17, 15) is 0 Å². The Balaban J connectivity index is 2.37. The molecule has 0 aromatic carbocycles. The van der Waals surface area contributed by atoms with Crippen molar-refractivity contribution in [1.82, 2.24) is 10.3 Å². The molecule has 2 aromatic rings. The van der Waals surface area contributed by atoms with Crippen LogP contribution in [0.1, 0.15) is 28.6 Å². The van der Waals surface area contributed by atoms with Gasteiger partial charge in [-0.1, -0.05) is 6.07 Å². The van der Waals surface area contributed by atoms with E-state index in [4.69, 9.17) is 4.42 Å². The van der Waals surface area contributed by atoms with Gasteiger partial charge in [0.05, 0.1) is 12.3 Å². The highest BCUT2D eigenvalue weighted by molar-refractivity contribution is 5.29. The minimum absolute atomic E-state index is 0.0723. The van der Waals surface area contributed by atoms with E-state index in [0.29, 0.717) is 0 Å². The maximum absolute atomic E-state index is 5.51. The molecule has 2 heterocycles. The quantitative estimate of drug-likeness (QED) is 0.857. The average Bonchev–Trinajstić information content (AvgIpc) is 2.69. The smallest absolute Gasteiger partial charge is 0.128 e. The number of rotatable bonds is 3. The first-order valence-electron chi connectivity index (χ1n) is 5.36. The van der Waals surface area contributed by atoms with Gasteiger partial charge < -0.3 is 9.73 Å². The summed E-state index contributed by atoms with van der Waals surface area (Å²) in [5, 5.41) is 3.25. The lowest BCUT2D eigenvalue weighted by molar-refractivity contribution is 0.460. The number of nitrogens with zero attached hydrogens (tertiary/aromatic N) is 1. The van der Waals surface area contributed by atoms with Crippen LogP contribution >= 0.6 is 0 Å². The Bertz CT molecular complexity index is 459. The third-order valence-corrected chi connectivity index (χ3v) is 2.72. The van der Waals surface area contributed by atoms with Gasteiger partial charge in [0.25, 0.3) is 0 Å². The molecule has 0 fully saturated rings. The van der Waals surface area contributed by atoms with E-state index < -0.39 is 0 Å². The topological polar surface area (TPSA) is 38.1 Å². The number of aromatic nitrogens is 1. The zero-order valence-electron chi connectivity index (χ0n) is 9.82. The van der Waals surface area contributed by atoms with Gasteiger partial charge in [0.2, 0.25) is 0 Å². The Hall–Kier alpha value is -1.61. The summed E-state index contributed by atoms with van der Waals surface area (Å²) in [6.07, 6.45) is 3.61. The highest BCUT2D eigenvalue weighted by Crippen LogP contribution is 2.24. The number of nitrogens with one attached hydrogen (secondary N) is 1. The molecule has 0 saturated carbocycles. The van der Waals surface area contributed by atoms with Gasteiger partial charge in [-0.15, -0.1) is 0 Å². The molecule has 1 atom stereocenters. The van der Waals surface area contributed by atoms with Gasteiger partial charge in [-0.2, -0.15) is 0 Å². The van der Waals surface area contributed by atoms with Crippen LogP contribution in [-0.2, 0) is 0 Å². The molecule has 0 saturated heterocycles. The fraction of sp³-hybridized carbons (Fsp3) is 0.308. The van der Waals surface area contributed by atoms with Gasteiger partial charge >= 0.3 is 0 Å². The SMILES string of the molecule is CNC(c1ccc(C)nc1)c1occc1C. The molecular weight excluding hydrogens is 200 g/mol. The van der Waals surface area contributed by atoms with Crippen LogP contribution < -0.4 is 5.32 Å². The van der Waals surface area contributed by atoms with E-state index in [1.54, 1.807) is 6.26 Å². The maximum Gasteiger partial charge on any atom is 0.128 e. The fourth-order valence-electron chi connectivity index (χ4n) is 1.78. The first-order chi connectivity index (χ1) is 7.72. The molecule has 1 unspecified atom stereocenters. The van der Waals surface area contributed by atoms with Crippen molar-refractivity contribution in [1.29, 1.82) is 0 Å². The van der Waals surface area contributed by atoms with E-state index in [2.05, 4.69) is 16.4 Å². The molecular formula is C13H16N2O. The van der Waals surface area contributed by atoms with Crippen molar-refractivity contribution in [2.75, 3.05) is 7.05 Å². The van der Waals surface area contributed by atoms with Crippen molar-refractivity contribution >= 4 is 0 Å². The van der Waals surface area contributed by atoms with Crippen LogP contribution in [0.2, 0.25) is 0 Å². The molecule has 0 spiro atoms. The van der Waals surface area contributed by atoms with Crippen molar-refractivity contribution in [2.45, 2.75) is 19.9 Å². The first kappa shape index (κ1) is 10.9. The predicted octanol–water partition coefficient (Wildman–Crippen LogP) is 2.60. The summed E-state index contributed by atoms with van der Waals surface area (Å²) in [5.74, 6) is 0.952. The Morgan fingerprint density at radius 3 is 2.56 bits per heavy atom. The normalized spacial score (nSPS) is 12.7. The summed E-state index contributed by atoms with van der Waals surface area (Å²) >= 11 is 0. The molecule has 0 bridgehead atoms. The molecule has 0 radical (unpaired) electrons. The summed E-state index contributed by atoms with van der Waals surface area (Å²) in [6, 6.07) is 6.13. The minimum Gasteiger partial charge on any atom is -0.467 e. The Kier molecular flexibility index (Phi) is 3.06. The molecule has 1 N–H and O–H groups in total. The van der Waals surface area contributed by atoms with Gasteiger partial charge in [0.15, 0.2) is 0 Å². The van der Waals surface area contributed by atoms with Gasteiger partial charge in [0.1, 0.15) is 5.76 Å². The summed E-state index contributed by atoms with van der Waals surface area (Å²) in [4.78, 5) is 4.31. The molecule has 2 aromatic heterocycles. The second-order valence-electron chi connectivity index (χ2n) is 3.92. The van der Waals surface area contributed by atoms with E-state index >= 15 is 0 Å². The number of furan rings is 1. The molecule has 84 valence electrons. The minimum atomic E-state index is 0.0723. The first-order valence-corrected chi connectivity index (χ1v) is 5.36. The van der Waals surface area contributed by atoms with E-state index in [1.807, 2.05) is 39.2 Å². The number of pyridine rings is 1. The molecule has 3 nitrogen and oxygen atoms in total. The van der Waals surface area contributed by atoms with Crippen molar-refractivity contribution in [3.63, 3.8) is 0 Å². The van der Waals surface area contributed by atoms with E-state index in [-0.39, 0.29) is 6.04 Å². The summed E-state index contributed by atoms with van der Waals surface area (Å²) in [7, 11) is 1.92. The van der Waals surface area contributed by atoms with Crippen LogP contribution in [0.5, 0.6) is 0 Å². The van der Waals surface area contributed by atoms with Crippen LogP contribution in [0, 0.1) is 13.8 Å². The molecule has 2 rings (SSSR count). The lowest BCUT2D eigenvalue weighted by Gasteiger charge is -2.14. The molecule has 0 aliphatic carbocycles. The summed E-state index contributed by atoms with van der Waals surface area (Å²) in [6.45, 7) is 4.03. The molecule has 16 heavy (non-hydrogen) atoms. The largest absolute Gasteiger partial charge is 0.467 e. The van der Waals surface area contributed by atoms with Crippen LogP contribution in [0.4, 0.5) is 0 Å². The van der Waals surface area contributed by atoms with E-state index in [1.165, 1.54) is 0 Å². The third kappa shape index (κ3) is 1.99. The van der Waals surface area contributed by atoms with Gasteiger partial charge in [-0.3, -0.25) is 4.98 Å². The number of hydrogen-bond acceptors (Lipinski definition) is 3. The monoisotopic (exact) mass is 216 g/mol. The summed E-state index contributed by atoms with van der Waals surface area (Å²) < 4.78 is 5.51. The number of aryl methyl sites for hydroxylation is 2. The molecule has 3 heteroatoms. The Labute approximate surface area is 95.5 Å². The van der Waals surface area contributed by atoms with E-state index in [0.717, 1.165) is 22.6 Å². The van der Waals surface area contributed by atoms with Crippen LogP contribution in [-0.4, -0.2) is 12.0 Å². The second-order valence-corrected chi connectivity index (χ2v) is 3.92. The van der Waals surface area contributed by atoms with Gasteiger partial charge in [0, 0.05) is 11.9 Å².